The van der Waals surface area contributed by atoms with E-state index in [1.54, 1.807) is 11.8 Å². The molecule has 0 spiro atoms. The smallest absolute Gasteiger partial charge is 0.154 e. The second-order valence-electron chi connectivity index (χ2n) is 6.00. The molecule has 0 saturated heterocycles. The Hall–Kier alpha value is -1.75. The molecule has 0 saturated carbocycles. The van der Waals surface area contributed by atoms with Gasteiger partial charge in [-0.05, 0) is 48.4 Å². The molecule has 1 aromatic carbocycles. The van der Waals surface area contributed by atoms with Crippen LogP contribution >= 0.6 is 11.8 Å². The van der Waals surface area contributed by atoms with Crippen molar-refractivity contribution in [2.75, 3.05) is 5.75 Å². The summed E-state index contributed by atoms with van der Waals surface area (Å²) in [5, 5.41) is 7.64. The topological polar surface area (TPSA) is 67.1 Å². The van der Waals surface area contributed by atoms with Gasteiger partial charge in [0.1, 0.15) is 0 Å². The molecule has 108 valence electrons. The number of hydrogen-bond acceptors (Lipinski definition) is 4. The van der Waals surface area contributed by atoms with Crippen molar-refractivity contribution in [1.82, 2.24) is 10.2 Å². The summed E-state index contributed by atoms with van der Waals surface area (Å²) in [6.45, 7) is 2.24. The van der Waals surface area contributed by atoms with Gasteiger partial charge in [-0.15, -0.1) is 0 Å². The average Bonchev–Trinajstić information content (AvgIpc) is 3.00. The third kappa shape index (κ3) is 1.99. The van der Waals surface area contributed by atoms with Crippen molar-refractivity contribution in [3.8, 4) is 11.1 Å². The number of nitrogens with two attached hydrogens (primary N) is 1. The van der Waals surface area contributed by atoms with E-state index in [1.165, 1.54) is 23.1 Å². The van der Waals surface area contributed by atoms with Crippen LogP contribution < -0.4 is 5.73 Å². The van der Waals surface area contributed by atoms with Gasteiger partial charge < -0.3 is 5.73 Å². The summed E-state index contributed by atoms with van der Waals surface area (Å²) >= 11 is 1.69. The van der Waals surface area contributed by atoms with Crippen LogP contribution in [0.25, 0.3) is 11.1 Å². The standard InChI is InChI=1S/C16H18N4S/c1-16-13(9-21-15(17)20-16)5-4-10-2-3-11(6-14(10)16)12-7-18-19-8-12/h2-3,6-8,13H,4-5,9H2,1H3,(H2,17,20)(H,18,19). The highest BCUT2D eigenvalue weighted by Gasteiger charge is 2.42. The van der Waals surface area contributed by atoms with E-state index in [1.807, 2.05) is 12.4 Å². The Kier molecular flexibility index (Phi) is 2.85. The summed E-state index contributed by atoms with van der Waals surface area (Å²) in [5.41, 5.74) is 10.9. The van der Waals surface area contributed by atoms with Crippen LogP contribution in [0.1, 0.15) is 24.5 Å². The van der Waals surface area contributed by atoms with E-state index < -0.39 is 0 Å². The number of aromatic nitrogens is 2. The monoisotopic (exact) mass is 298 g/mol. The van der Waals surface area contributed by atoms with Crippen LogP contribution in [0.2, 0.25) is 0 Å². The summed E-state index contributed by atoms with van der Waals surface area (Å²) in [4.78, 5) is 4.83. The summed E-state index contributed by atoms with van der Waals surface area (Å²) in [6.07, 6.45) is 6.12. The Morgan fingerprint density at radius 3 is 3.10 bits per heavy atom. The van der Waals surface area contributed by atoms with Crippen LogP contribution in [-0.4, -0.2) is 21.1 Å². The molecule has 3 N–H and O–H groups in total. The minimum atomic E-state index is -0.178. The third-order valence-corrected chi connectivity index (χ3v) is 5.77. The molecule has 2 unspecified atom stereocenters. The molecule has 2 atom stereocenters. The number of benzene rings is 1. The first-order valence-corrected chi connectivity index (χ1v) is 8.26. The summed E-state index contributed by atoms with van der Waals surface area (Å²) in [7, 11) is 0. The van der Waals surface area contributed by atoms with Crippen LogP contribution in [0.5, 0.6) is 0 Å². The number of nitrogens with zero attached hydrogens (tertiary/aromatic N) is 2. The number of H-pyrrole nitrogens is 1. The number of thioether (sulfide) groups is 1. The van der Waals surface area contributed by atoms with Gasteiger partial charge in [-0.25, -0.2) is 0 Å². The molecule has 2 heterocycles. The summed E-state index contributed by atoms with van der Waals surface area (Å²) < 4.78 is 0. The number of amidine groups is 1. The highest BCUT2D eigenvalue weighted by atomic mass is 32.2. The van der Waals surface area contributed by atoms with Crippen molar-refractivity contribution in [2.45, 2.75) is 25.3 Å². The molecule has 5 heteroatoms. The van der Waals surface area contributed by atoms with Crippen molar-refractivity contribution < 1.29 is 0 Å². The van der Waals surface area contributed by atoms with Crippen molar-refractivity contribution in [2.24, 2.45) is 16.6 Å². The maximum Gasteiger partial charge on any atom is 0.154 e. The zero-order valence-electron chi connectivity index (χ0n) is 12.0. The molecule has 0 bridgehead atoms. The zero-order chi connectivity index (χ0) is 14.4. The first-order valence-electron chi connectivity index (χ1n) is 7.27. The van der Waals surface area contributed by atoms with Gasteiger partial charge in [0.25, 0.3) is 0 Å². The number of nitrogens with one attached hydrogen (secondary N) is 1. The lowest BCUT2D eigenvalue weighted by atomic mass is 9.70. The zero-order valence-corrected chi connectivity index (χ0v) is 12.8. The Balaban J connectivity index is 1.88. The van der Waals surface area contributed by atoms with Gasteiger partial charge in [-0.2, -0.15) is 5.10 Å². The molecule has 2 aromatic rings. The number of hydrogen-bond donors (Lipinski definition) is 2. The van der Waals surface area contributed by atoms with Crippen LogP contribution in [0.15, 0.2) is 35.6 Å². The van der Waals surface area contributed by atoms with Crippen molar-refractivity contribution >= 4 is 16.9 Å². The van der Waals surface area contributed by atoms with E-state index in [4.69, 9.17) is 10.7 Å². The van der Waals surface area contributed by atoms with Gasteiger partial charge in [0.15, 0.2) is 5.17 Å². The predicted molar refractivity (Wildman–Crippen MR) is 87.3 cm³/mol. The Bertz CT molecular complexity index is 707. The van der Waals surface area contributed by atoms with E-state index in [-0.39, 0.29) is 5.54 Å². The van der Waals surface area contributed by atoms with E-state index in [2.05, 4.69) is 35.3 Å². The summed E-state index contributed by atoms with van der Waals surface area (Å²) in [6, 6.07) is 6.70. The molecule has 4 rings (SSSR count). The van der Waals surface area contributed by atoms with Crippen molar-refractivity contribution in [3.05, 3.63) is 41.7 Å². The first kappa shape index (κ1) is 13.0. The molecular weight excluding hydrogens is 280 g/mol. The van der Waals surface area contributed by atoms with Crippen molar-refractivity contribution in [1.29, 1.82) is 0 Å². The summed E-state index contributed by atoms with van der Waals surface area (Å²) in [5.74, 6) is 1.64. The third-order valence-electron chi connectivity index (χ3n) is 4.82. The highest BCUT2D eigenvalue weighted by molar-refractivity contribution is 8.13. The SMILES string of the molecule is CC12N=C(N)SCC1CCc1ccc(-c3cn[nH]c3)cc12. The largest absolute Gasteiger partial charge is 0.379 e. The molecule has 1 aromatic heterocycles. The normalized spacial score (nSPS) is 27.7. The average molecular weight is 298 g/mol. The Labute approximate surface area is 128 Å². The fourth-order valence-electron chi connectivity index (χ4n) is 3.53. The van der Waals surface area contributed by atoms with E-state index >= 15 is 0 Å². The minimum absolute atomic E-state index is 0.178. The van der Waals surface area contributed by atoms with Crippen molar-refractivity contribution in [3.63, 3.8) is 0 Å². The maximum atomic E-state index is 6.01. The Morgan fingerprint density at radius 2 is 2.29 bits per heavy atom. The van der Waals surface area contributed by atoms with Crippen LogP contribution in [0.3, 0.4) is 0 Å². The molecule has 2 aliphatic rings. The van der Waals surface area contributed by atoms with E-state index in [0.29, 0.717) is 5.92 Å². The molecule has 0 radical (unpaired) electrons. The minimum Gasteiger partial charge on any atom is -0.379 e. The predicted octanol–water partition coefficient (Wildman–Crippen LogP) is 2.92. The molecular formula is C16H18N4S. The number of aliphatic imine (C=N–C) groups is 1. The molecule has 0 amide bonds. The molecule has 1 aliphatic heterocycles. The van der Waals surface area contributed by atoms with E-state index in [9.17, 15) is 0 Å². The fourth-order valence-corrected chi connectivity index (χ4v) is 4.65. The fraction of sp³-hybridized carbons (Fsp3) is 0.375. The van der Waals surface area contributed by atoms with Gasteiger partial charge in [0, 0.05) is 17.5 Å². The van der Waals surface area contributed by atoms with Gasteiger partial charge in [-0.3, -0.25) is 10.1 Å². The number of aryl methyl sites for hydroxylation is 1. The lowest BCUT2D eigenvalue weighted by Gasteiger charge is -2.42. The number of aromatic amines is 1. The second kappa shape index (κ2) is 4.63. The van der Waals surface area contributed by atoms with Gasteiger partial charge >= 0.3 is 0 Å². The molecule has 21 heavy (non-hydrogen) atoms. The highest BCUT2D eigenvalue weighted by Crippen LogP contribution is 2.47. The number of fused-ring (bicyclic) bond motifs is 3. The quantitative estimate of drug-likeness (QED) is 0.850. The lowest BCUT2D eigenvalue weighted by molar-refractivity contribution is 0.292. The van der Waals surface area contributed by atoms with Gasteiger partial charge in [-0.1, -0.05) is 23.9 Å². The van der Waals surface area contributed by atoms with Crippen LogP contribution in [0, 0.1) is 5.92 Å². The van der Waals surface area contributed by atoms with Gasteiger partial charge in [0.05, 0.1) is 11.7 Å². The lowest BCUT2D eigenvalue weighted by Crippen LogP contribution is -2.41. The maximum absolute atomic E-state index is 6.01. The number of rotatable bonds is 1. The first-order chi connectivity index (χ1) is 10.2. The van der Waals surface area contributed by atoms with E-state index in [0.717, 1.165) is 22.9 Å². The van der Waals surface area contributed by atoms with Crippen LogP contribution in [0.4, 0.5) is 0 Å². The van der Waals surface area contributed by atoms with Crippen LogP contribution in [-0.2, 0) is 12.0 Å². The molecule has 0 fully saturated rings. The van der Waals surface area contributed by atoms with Gasteiger partial charge in [0.2, 0.25) is 0 Å². The molecule has 1 aliphatic carbocycles. The molecule has 4 nitrogen and oxygen atoms in total. The Morgan fingerprint density at radius 1 is 1.38 bits per heavy atom. The second-order valence-corrected chi connectivity index (χ2v) is 7.04.